The monoisotopic (exact) mass is 451 g/mol. The Bertz CT molecular complexity index is 1440. The molecule has 1 aromatic heterocycles. The van der Waals surface area contributed by atoms with Crippen molar-refractivity contribution >= 4 is 21.0 Å². The van der Waals surface area contributed by atoms with E-state index in [1.807, 2.05) is 6.92 Å². The smallest absolute Gasteiger partial charge is 0.339 e. The number of aromatic amines is 1. The van der Waals surface area contributed by atoms with E-state index in [4.69, 9.17) is 13.7 Å². The molecule has 0 spiro atoms. The van der Waals surface area contributed by atoms with Gasteiger partial charge >= 0.3 is 10.1 Å². The topological polar surface area (TPSA) is 94.7 Å². The Balaban J connectivity index is 2.03. The first kappa shape index (κ1) is 21.5. The van der Waals surface area contributed by atoms with Crippen LogP contribution >= 0.6 is 0 Å². The van der Waals surface area contributed by atoms with Crippen molar-refractivity contribution in [2.75, 3.05) is 14.2 Å². The summed E-state index contributed by atoms with van der Waals surface area (Å²) in [5.41, 5.74) is 1.37. The number of fused-ring (bicyclic) bond motifs is 1. The Morgan fingerprint density at radius 1 is 0.844 bits per heavy atom. The molecule has 0 saturated heterocycles. The molecule has 164 valence electrons. The van der Waals surface area contributed by atoms with E-state index >= 15 is 0 Å². The van der Waals surface area contributed by atoms with Gasteiger partial charge in [-0.15, -0.1) is 0 Å². The molecule has 0 atom stereocenters. The van der Waals surface area contributed by atoms with Crippen LogP contribution in [0.15, 0.2) is 76.4 Å². The zero-order valence-corrected chi connectivity index (χ0v) is 18.5. The van der Waals surface area contributed by atoms with Crippen LogP contribution in [0.4, 0.5) is 0 Å². The lowest BCUT2D eigenvalue weighted by Crippen LogP contribution is -2.16. The molecular weight excluding hydrogens is 430 g/mol. The van der Waals surface area contributed by atoms with Gasteiger partial charge in [-0.25, -0.2) is 0 Å². The molecule has 0 radical (unpaired) electrons. The normalized spacial score (nSPS) is 11.3. The highest BCUT2D eigenvalue weighted by Gasteiger charge is 2.25. The molecule has 0 saturated carbocycles. The Morgan fingerprint density at radius 3 is 2.09 bits per heavy atom. The summed E-state index contributed by atoms with van der Waals surface area (Å²) >= 11 is 0. The van der Waals surface area contributed by atoms with Gasteiger partial charge < -0.3 is 18.6 Å². The number of hydrogen-bond acceptors (Lipinski definition) is 6. The molecular formula is C24H21NO6S. The lowest BCUT2D eigenvalue weighted by Gasteiger charge is -2.16. The molecule has 32 heavy (non-hydrogen) atoms. The minimum atomic E-state index is -4.23. The molecule has 0 bridgehead atoms. The number of aryl methyl sites for hydroxylation is 1. The van der Waals surface area contributed by atoms with E-state index in [-0.39, 0.29) is 16.2 Å². The number of benzene rings is 3. The standard InChI is InChI=1S/C24H21NO6S/c1-15-9-11-17(12-10-15)32(27,28)31-23-18-13-20(29-2)21(30-3)14-19(18)25-24(26)22(23)16-7-5-4-6-8-16/h4-14H,1-3H3,(H,25,26). The van der Waals surface area contributed by atoms with Crippen molar-refractivity contribution in [3.05, 3.63) is 82.6 Å². The van der Waals surface area contributed by atoms with Gasteiger partial charge in [0.05, 0.1) is 25.3 Å². The van der Waals surface area contributed by atoms with Crippen LogP contribution in [0.5, 0.6) is 17.2 Å². The quantitative estimate of drug-likeness (QED) is 0.440. The number of ether oxygens (including phenoxy) is 2. The second-order valence-corrected chi connectivity index (χ2v) is 8.67. The van der Waals surface area contributed by atoms with Gasteiger partial charge in [0.2, 0.25) is 0 Å². The molecule has 4 rings (SSSR count). The SMILES string of the molecule is COc1cc2[nH]c(=O)c(-c3ccccc3)c(OS(=O)(=O)c3ccc(C)cc3)c2cc1OC. The van der Waals surface area contributed by atoms with Gasteiger partial charge in [-0.1, -0.05) is 48.0 Å². The van der Waals surface area contributed by atoms with Crippen molar-refractivity contribution in [1.82, 2.24) is 4.98 Å². The first-order chi connectivity index (χ1) is 15.3. The Hall–Kier alpha value is -3.78. The predicted molar refractivity (Wildman–Crippen MR) is 122 cm³/mol. The minimum absolute atomic E-state index is 0.0176. The third-order valence-electron chi connectivity index (χ3n) is 5.04. The highest BCUT2D eigenvalue weighted by Crippen LogP contribution is 2.40. The van der Waals surface area contributed by atoms with Crippen LogP contribution in [-0.4, -0.2) is 27.6 Å². The van der Waals surface area contributed by atoms with Crippen molar-refractivity contribution < 1.29 is 22.1 Å². The molecule has 0 aliphatic heterocycles. The molecule has 1 N–H and O–H groups in total. The van der Waals surface area contributed by atoms with Gasteiger partial charge in [0, 0.05) is 11.5 Å². The molecule has 0 aliphatic carbocycles. The Labute approximate surface area is 185 Å². The van der Waals surface area contributed by atoms with Crippen molar-refractivity contribution in [2.24, 2.45) is 0 Å². The summed E-state index contributed by atoms with van der Waals surface area (Å²) in [6, 6.07) is 18.2. The summed E-state index contributed by atoms with van der Waals surface area (Å²) in [6.45, 7) is 1.86. The van der Waals surface area contributed by atoms with Crippen LogP contribution in [0.25, 0.3) is 22.0 Å². The van der Waals surface area contributed by atoms with Crippen molar-refractivity contribution in [3.8, 4) is 28.4 Å². The maximum atomic E-state index is 13.1. The average Bonchev–Trinajstić information content (AvgIpc) is 2.79. The fraction of sp³-hybridized carbons (Fsp3) is 0.125. The van der Waals surface area contributed by atoms with Crippen LogP contribution in [0, 0.1) is 6.92 Å². The summed E-state index contributed by atoms with van der Waals surface area (Å²) in [5, 5.41) is 0.358. The molecule has 0 aliphatic rings. The van der Waals surface area contributed by atoms with Crippen LogP contribution in [0.3, 0.4) is 0 Å². The number of aromatic nitrogens is 1. The van der Waals surface area contributed by atoms with E-state index in [2.05, 4.69) is 4.98 Å². The maximum Gasteiger partial charge on any atom is 0.339 e. The summed E-state index contributed by atoms with van der Waals surface area (Å²) in [4.78, 5) is 15.8. The van der Waals surface area contributed by atoms with Crippen LogP contribution < -0.4 is 19.2 Å². The molecule has 0 fully saturated rings. The van der Waals surface area contributed by atoms with Gasteiger partial charge in [0.1, 0.15) is 4.90 Å². The van der Waals surface area contributed by atoms with Gasteiger partial charge in [-0.3, -0.25) is 4.79 Å². The van der Waals surface area contributed by atoms with Gasteiger partial charge in [-0.05, 0) is 30.7 Å². The lowest BCUT2D eigenvalue weighted by atomic mass is 10.0. The number of rotatable bonds is 6. The zero-order chi connectivity index (χ0) is 22.9. The Morgan fingerprint density at radius 2 is 1.47 bits per heavy atom. The second-order valence-electron chi connectivity index (χ2n) is 7.13. The molecule has 0 unspecified atom stereocenters. The third-order valence-corrected chi connectivity index (χ3v) is 6.27. The number of pyridine rings is 1. The number of H-pyrrole nitrogens is 1. The summed E-state index contributed by atoms with van der Waals surface area (Å²) < 4.78 is 42.6. The zero-order valence-electron chi connectivity index (χ0n) is 17.7. The largest absolute Gasteiger partial charge is 0.493 e. The van der Waals surface area contributed by atoms with Crippen LogP contribution in [0.2, 0.25) is 0 Å². The molecule has 1 heterocycles. The van der Waals surface area contributed by atoms with Gasteiger partial charge in [0.25, 0.3) is 5.56 Å². The van der Waals surface area contributed by atoms with E-state index in [1.54, 1.807) is 54.6 Å². The highest BCUT2D eigenvalue weighted by molar-refractivity contribution is 7.87. The molecule has 7 nitrogen and oxygen atoms in total. The molecule has 8 heteroatoms. The van der Waals surface area contributed by atoms with E-state index in [1.165, 1.54) is 26.4 Å². The first-order valence-corrected chi connectivity index (χ1v) is 11.1. The molecule has 3 aromatic carbocycles. The van der Waals surface area contributed by atoms with Crippen LogP contribution in [0.1, 0.15) is 5.56 Å². The van der Waals surface area contributed by atoms with Gasteiger partial charge in [0.15, 0.2) is 17.2 Å². The Kier molecular flexibility index (Phi) is 5.63. The summed E-state index contributed by atoms with van der Waals surface area (Å²) in [6.07, 6.45) is 0. The van der Waals surface area contributed by atoms with E-state index in [0.29, 0.717) is 28.0 Å². The number of nitrogens with one attached hydrogen (secondary N) is 1. The maximum absolute atomic E-state index is 13.1. The van der Waals surface area contributed by atoms with E-state index < -0.39 is 15.7 Å². The molecule has 0 amide bonds. The lowest BCUT2D eigenvalue weighted by molar-refractivity contribution is 0.355. The number of methoxy groups -OCH3 is 2. The third kappa shape index (κ3) is 3.92. The summed E-state index contributed by atoms with van der Waals surface area (Å²) in [5.74, 6) is 0.663. The minimum Gasteiger partial charge on any atom is -0.493 e. The first-order valence-electron chi connectivity index (χ1n) is 9.72. The second kappa shape index (κ2) is 8.39. The highest BCUT2D eigenvalue weighted by atomic mass is 32.2. The fourth-order valence-corrected chi connectivity index (χ4v) is 4.37. The van der Waals surface area contributed by atoms with Crippen molar-refractivity contribution in [1.29, 1.82) is 0 Å². The number of hydrogen-bond donors (Lipinski definition) is 1. The van der Waals surface area contributed by atoms with Crippen LogP contribution in [-0.2, 0) is 10.1 Å². The van der Waals surface area contributed by atoms with Crippen molar-refractivity contribution in [2.45, 2.75) is 11.8 Å². The van der Waals surface area contributed by atoms with E-state index in [0.717, 1.165) is 5.56 Å². The van der Waals surface area contributed by atoms with Gasteiger partial charge in [-0.2, -0.15) is 8.42 Å². The van der Waals surface area contributed by atoms with E-state index in [9.17, 15) is 13.2 Å². The average molecular weight is 452 g/mol. The fourth-order valence-electron chi connectivity index (χ4n) is 3.41. The van der Waals surface area contributed by atoms with Crippen molar-refractivity contribution in [3.63, 3.8) is 0 Å². The summed E-state index contributed by atoms with van der Waals surface area (Å²) in [7, 11) is -1.29. The molecule has 4 aromatic rings. The predicted octanol–water partition coefficient (Wildman–Crippen LogP) is 4.29.